The molecule has 5 heteroatoms. The minimum absolute atomic E-state index is 0.572. The van der Waals surface area contributed by atoms with Crippen molar-refractivity contribution < 1.29 is 0 Å². The molecule has 60 heavy (non-hydrogen) atoms. The van der Waals surface area contributed by atoms with Crippen molar-refractivity contribution in [1.29, 1.82) is 0 Å². The molecular weight excluding hydrogens is 731 g/mol. The van der Waals surface area contributed by atoms with Crippen molar-refractivity contribution in [2.75, 3.05) is 0 Å². The predicted molar refractivity (Wildman–Crippen MR) is 248 cm³/mol. The van der Waals surface area contributed by atoms with Crippen LogP contribution in [0.15, 0.2) is 212 Å². The van der Waals surface area contributed by atoms with Crippen molar-refractivity contribution in [1.82, 2.24) is 24.1 Å². The van der Waals surface area contributed by atoms with Crippen LogP contribution in [0.1, 0.15) is 0 Å². The van der Waals surface area contributed by atoms with Gasteiger partial charge in [0.15, 0.2) is 11.6 Å². The molecule has 0 atom stereocenters. The highest BCUT2D eigenvalue weighted by Crippen LogP contribution is 2.38. The van der Waals surface area contributed by atoms with Crippen LogP contribution in [0.5, 0.6) is 0 Å². The second-order valence-electron chi connectivity index (χ2n) is 15.3. The first-order valence-electron chi connectivity index (χ1n) is 20.3. The van der Waals surface area contributed by atoms with Gasteiger partial charge in [0.25, 0.3) is 0 Å². The average molecular weight is 766 g/mol. The highest BCUT2D eigenvalue weighted by atomic mass is 15.2. The highest BCUT2D eigenvalue weighted by molar-refractivity contribution is 6.11. The third-order valence-electron chi connectivity index (χ3n) is 11.8. The fourth-order valence-corrected chi connectivity index (χ4v) is 8.90. The number of para-hydroxylation sites is 3. The van der Waals surface area contributed by atoms with Gasteiger partial charge in [0.05, 0.1) is 22.1 Å². The molecule has 9 aromatic carbocycles. The molecule has 0 N–H and O–H groups in total. The van der Waals surface area contributed by atoms with Gasteiger partial charge in [-0.15, -0.1) is 0 Å². The van der Waals surface area contributed by atoms with E-state index in [4.69, 9.17) is 15.0 Å². The summed E-state index contributed by atoms with van der Waals surface area (Å²) in [5.41, 5.74) is 12.0. The van der Waals surface area contributed by atoms with Crippen molar-refractivity contribution in [3.8, 4) is 56.7 Å². The van der Waals surface area contributed by atoms with E-state index < -0.39 is 0 Å². The maximum absolute atomic E-state index is 5.31. The molecule has 280 valence electrons. The van der Waals surface area contributed by atoms with Gasteiger partial charge in [0, 0.05) is 38.4 Å². The quantitative estimate of drug-likeness (QED) is 0.169. The molecule has 0 saturated carbocycles. The first-order valence-corrected chi connectivity index (χ1v) is 20.3. The predicted octanol–water partition coefficient (Wildman–Crippen LogP) is 13.9. The highest BCUT2D eigenvalue weighted by Gasteiger charge is 2.19. The van der Waals surface area contributed by atoms with Crippen LogP contribution in [0.2, 0.25) is 0 Å². The van der Waals surface area contributed by atoms with Gasteiger partial charge in [-0.25, -0.2) is 4.98 Å². The van der Waals surface area contributed by atoms with Gasteiger partial charge < -0.3 is 4.57 Å². The third kappa shape index (κ3) is 5.59. The summed E-state index contributed by atoms with van der Waals surface area (Å²) >= 11 is 0. The van der Waals surface area contributed by atoms with Crippen LogP contribution >= 0.6 is 0 Å². The smallest absolute Gasteiger partial charge is 0.238 e. The Morgan fingerprint density at radius 2 is 0.750 bits per heavy atom. The summed E-state index contributed by atoms with van der Waals surface area (Å²) in [6.45, 7) is 0. The molecule has 0 amide bonds. The van der Waals surface area contributed by atoms with Gasteiger partial charge in [-0.05, 0) is 93.7 Å². The second kappa shape index (κ2) is 13.8. The number of fused-ring (bicyclic) bond motifs is 7. The molecular formula is C55H35N5. The van der Waals surface area contributed by atoms with Crippen molar-refractivity contribution in [3.63, 3.8) is 0 Å². The molecule has 12 rings (SSSR count). The van der Waals surface area contributed by atoms with Gasteiger partial charge in [-0.1, -0.05) is 152 Å². The van der Waals surface area contributed by atoms with Crippen LogP contribution < -0.4 is 0 Å². The summed E-state index contributed by atoms with van der Waals surface area (Å²) in [4.78, 5) is 15.8. The summed E-state index contributed by atoms with van der Waals surface area (Å²) in [6, 6.07) is 75.2. The van der Waals surface area contributed by atoms with Gasteiger partial charge >= 0.3 is 0 Å². The van der Waals surface area contributed by atoms with Crippen LogP contribution in [0.3, 0.4) is 0 Å². The molecule has 0 bridgehead atoms. The Labute approximate surface area is 346 Å². The number of hydrogen-bond acceptors (Lipinski definition) is 3. The van der Waals surface area contributed by atoms with Crippen LogP contribution in [0.4, 0.5) is 0 Å². The second-order valence-corrected chi connectivity index (χ2v) is 15.3. The lowest BCUT2D eigenvalue weighted by molar-refractivity contribution is 0.954. The summed E-state index contributed by atoms with van der Waals surface area (Å²) in [7, 11) is 0. The molecule has 12 aromatic rings. The number of benzene rings is 9. The zero-order valence-electron chi connectivity index (χ0n) is 32.4. The van der Waals surface area contributed by atoms with Crippen LogP contribution in [-0.4, -0.2) is 24.1 Å². The van der Waals surface area contributed by atoms with Crippen LogP contribution in [0.25, 0.3) is 111 Å². The minimum Gasteiger partial charge on any atom is -0.309 e. The standard InChI is InChI=1S/C55H35N5/c1-3-14-36(15-4-1)40-28-31-52-48(34-40)46-23-10-12-25-50(46)60(52)55-57-53(56-54(58-55)43-27-26-37-16-7-8-17-38(37)32-43)42-19-13-18-39(33-42)41-29-30-51-47(35-41)45-22-9-11-24-49(45)59(51)44-20-5-2-6-21-44/h1-35H. The Hall–Kier alpha value is -8.15. The van der Waals surface area contributed by atoms with E-state index in [1.807, 2.05) is 0 Å². The van der Waals surface area contributed by atoms with E-state index in [0.29, 0.717) is 17.6 Å². The molecule has 0 aliphatic heterocycles. The fourth-order valence-electron chi connectivity index (χ4n) is 8.90. The number of aromatic nitrogens is 5. The molecule has 3 heterocycles. The SMILES string of the molecule is c1ccc(-c2ccc3c(c2)c2ccccc2n3-c2nc(-c3cccc(-c4ccc5c(c4)c4ccccc4n5-c4ccccc4)c3)nc(-c3ccc4ccccc4c3)n2)cc1. The average Bonchev–Trinajstić information content (AvgIpc) is 3.84. The maximum atomic E-state index is 5.31. The molecule has 0 unspecified atom stereocenters. The van der Waals surface area contributed by atoms with Gasteiger partial charge in [0.2, 0.25) is 5.95 Å². The zero-order chi connectivity index (χ0) is 39.6. The van der Waals surface area contributed by atoms with E-state index in [1.165, 1.54) is 38.3 Å². The molecule has 0 spiro atoms. The van der Waals surface area contributed by atoms with E-state index in [0.717, 1.165) is 55.1 Å². The third-order valence-corrected chi connectivity index (χ3v) is 11.8. The Morgan fingerprint density at radius 3 is 1.47 bits per heavy atom. The van der Waals surface area contributed by atoms with E-state index in [2.05, 4.69) is 221 Å². The van der Waals surface area contributed by atoms with E-state index in [-0.39, 0.29) is 0 Å². The number of rotatable bonds is 6. The molecule has 0 fully saturated rings. The fraction of sp³-hybridized carbons (Fsp3) is 0. The number of nitrogens with zero attached hydrogens (tertiary/aromatic N) is 5. The first kappa shape index (κ1) is 33.9. The maximum Gasteiger partial charge on any atom is 0.238 e. The summed E-state index contributed by atoms with van der Waals surface area (Å²) in [5, 5.41) is 7.02. The summed E-state index contributed by atoms with van der Waals surface area (Å²) in [5.74, 6) is 1.80. The Balaban J connectivity index is 1.04. The Morgan fingerprint density at radius 1 is 0.267 bits per heavy atom. The van der Waals surface area contributed by atoms with Crippen molar-refractivity contribution in [3.05, 3.63) is 212 Å². The molecule has 5 nitrogen and oxygen atoms in total. The van der Waals surface area contributed by atoms with E-state index in [1.54, 1.807) is 0 Å². The molecule has 0 radical (unpaired) electrons. The lowest BCUT2D eigenvalue weighted by atomic mass is 10.0. The Kier molecular flexibility index (Phi) is 7.78. The normalized spacial score (nSPS) is 11.7. The van der Waals surface area contributed by atoms with Crippen molar-refractivity contribution >= 4 is 54.4 Å². The minimum atomic E-state index is 0.572. The van der Waals surface area contributed by atoms with Gasteiger partial charge in [-0.3, -0.25) is 4.57 Å². The monoisotopic (exact) mass is 765 g/mol. The van der Waals surface area contributed by atoms with E-state index >= 15 is 0 Å². The first-order chi connectivity index (χ1) is 29.7. The van der Waals surface area contributed by atoms with Gasteiger partial charge in [0.1, 0.15) is 0 Å². The van der Waals surface area contributed by atoms with Crippen LogP contribution in [0, 0.1) is 0 Å². The largest absolute Gasteiger partial charge is 0.309 e. The van der Waals surface area contributed by atoms with E-state index in [9.17, 15) is 0 Å². The number of hydrogen-bond donors (Lipinski definition) is 0. The van der Waals surface area contributed by atoms with Gasteiger partial charge in [-0.2, -0.15) is 9.97 Å². The zero-order valence-corrected chi connectivity index (χ0v) is 32.4. The molecule has 3 aromatic heterocycles. The Bertz CT molecular complexity index is 3600. The lowest BCUT2D eigenvalue weighted by Crippen LogP contribution is -2.06. The van der Waals surface area contributed by atoms with Crippen LogP contribution in [-0.2, 0) is 0 Å². The molecule has 0 aliphatic rings. The molecule has 0 saturated heterocycles. The lowest BCUT2D eigenvalue weighted by Gasteiger charge is -2.12. The van der Waals surface area contributed by atoms with Crippen molar-refractivity contribution in [2.45, 2.75) is 0 Å². The topological polar surface area (TPSA) is 48.5 Å². The summed E-state index contributed by atoms with van der Waals surface area (Å²) < 4.78 is 4.54. The summed E-state index contributed by atoms with van der Waals surface area (Å²) in [6.07, 6.45) is 0. The molecule has 0 aliphatic carbocycles. The van der Waals surface area contributed by atoms with Crippen molar-refractivity contribution in [2.24, 2.45) is 0 Å².